The van der Waals surface area contributed by atoms with Crippen LogP contribution in [0.4, 0.5) is 0 Å². The maximum Gasteiger partial charge on any atom is 0.312 e. The monoisotopic (exact) mass is 387 g/mol. The van der Waals surface area contributed by atoms with E-state index in [-0.39, 0.29) is 11.9 Å². The number of amides is 3. The first-order valence-electron chi connectivity index (χ1n) is 9.72. The Labute approximate surface area is 163 Å². The lowest BCUT2D eigenvalue weighted by Gasteiger charge is -2.34. The first-order chi connectivity index (χ1) is 13.1. The number of rotatable bonds is 4. The molecule has 0 spiro atoms. The molecule has 144 valence electrons. The van der Waals surface area contributed by atoms with E-state index in [2.05, 4.69) is 23.5 Å². The minimum absolute atomic E-state index is 0.0926. The summed E-state index contributed by atoms with van der Waals surface area (Å²) in [6.07, 6.45) is 5.46. The second-order valence-electron chi connectivity index (χ2n) is 7.49. The Morgan fingerprint density at radius 1 is 1.00 bits per heavy atom. The van der Waals surface area contributed by atoms with Crippen LogP contribution in [-0.2, 0) is 27.2 Å². The average molecular weight is 388 g/mol. The number of piperazine rings is 1. The summed E-state index contributed by atoms with van der Waals surface area (Å²) in [5, 5.41) is 2.73. The van der Waals surface area contributed by atoms with E-state index in [4.69, 9.17) is 0 Å². The van der Waals surface area contributed by atoms with Crippen LogP contribution >= 0.6 is 11.8 Å². The van der Waals surface area contributed by atoms with E-state index in [0.29, 0.717) is 31.9 Å². The summed E-state index contributed by atoms with van der Waals surface area (Å²) in [5.74, 6) is -0.476. The maximum atomic E-state index is 12.5. The average Bonchev–Trinajstić information content (AvgIpc) is 3.38. The third-order valence-electron chi connectivity index (χ3n) is 5.46. The summed E-state index contributed by atoms with van der Waals surface area (Å²) >= 11 is 1.58. The largest absolute Gasteiger partial charge is 0.345 e. The van der Waals surface area contributed by atoms with Gasteiger partial charge in [-0.25, -0.2) is 0 Å². The van der Waals surface area contributed by atoms with Crippen molar-refractivity contribution >= 4 is 29.5 Å². The summed E-state index contributed by atoms with van der Waals surface area (Å²) in [7, 11) is 0. The molecular weight excluding hydrogens is 362 g/mol. The fraction of sp³-hybridized carbons (Fsp3) is 0.550. The first-order valence-corrected chi connectivity index (χ1v) is 10.7. The smallest absolute Gasteiger partial charge is 0.312 e. The Bertz CT molecular complexity index is 755. The lowest BCUT2D eigenvalue weighted by molar-refractivity contribution is -0.148. The Kier molecular flexibility index (Phi) is 5.38. The van der Waals surface area contributed by atoms with Gasteiger partial charge in [0.25, 0.3) is 0 Å². The molecule has 1 aliphatic heterocycles. The molecule has 1 aromatic rings. The molecule has 0 radical (unpaired) electrons. The summed E-state index contributed by atoms with van der Waals surface area (Å²) in [5.41, 5.74) is 2.86. The topological polar surface area (TPSA) is 69.7 Å². The number of fused-ring (bicyclic) bond motifs is 1. The Morgan fingerprint density at radius 2 is 1.70 bits per heavy atom. The Balaban J connectivity index is 1.22. The lowest BCUT2D eigenvalue weighted by atomic mass is 10.1. The lowest BCUT2D eigenvalue weighted by Crippen LogP contribution is -2.54. The normalized spacial score (nSPS) is 19.0. The van der Waals surface area contributed by atoms with Crippen molar-refractivity contribution in [3.63, 3.8) is 0 Å². The standard InChI is InChI=1S/C20H25N3O3S/c24-18(13-27-17-7-4-14-2-1-3-15(14)12-17)22-8-10-23(11-9-22)20(26)19(25)21-16-5-6-16/h4,7,12,16H,1-3,5-6,8-11,13H2,(H,21,25). The quantitative estimate of drug-likeness (QED) is 0.623. The van der Waals surface area contributed by atoms with E-state index in [9.17, 15) is 14.4 Å². The van der Waals surface area contributed by atoms with Crippen molar-refractivity contribution in [1.82, 2.24) is 15.1 Å². The molecule has 1 heterocycles. The zero-order valence-corrected chi connectivity index (χ0v) is 16.2. The molecule has 0 aromatic heterocycles. The molecular formula is C20H25N3O3S. The molecule has 7 heteroatoms. The van der Waals surface area contributed by atoms with Crippen molar-refractivity contribution in [2.24, 2.45) is 0 Å². The molecule has 0 atom stereocenters. The number of nitrogens with one attached hydrogen (secondary N) is 1. The number of carbonyl (C=O) groups is 3. The van der Waals surface area contributed by atoms with Crippen LogP contribution < -0.4 is 5.32 Å². The number of carbonyl (C=O) groups excluding carboxylic acids is 3. The third kappa shape index (κ3) is 4.46. The molecule has 3 aliphatic rings. The fourth-order valence-electron chi connectivity index (χ4n) is 3.65. The van der Waals surface area contributed by atoms with E-state index in [0.717, 1.165) is 24.2 Å². The molecule has 4 rings (SSSR count). The van der Waals surface area contributed by atoms with Gasteiger partial charge in [0.2, 0.25) is 5.91 Å². The highest BCUT2D eigenvalue weighted by molar-refractivity contribution is 8.00. The van der Waals surface area contributed by atoms with Crippen molar-refractivity contribution in [2.45, 2.75) is 43.0 Å². The minimum Gasteiger partial charge on any atom is -0.345 e. The minimum atomic E-state index is -0.510. The van der Waals surface area contributed by atoms with Crippen LogP contribution in [0.2, 0.25) is 0 Å². The highest BCUT2D eigenvalue weighted by atomic mass is 32.2. The molecule has 1 saturated carbocycles. The van der Waals surface area contributed by atoms with E-state index >= 15 is 0 Å². The maximum absolute atomic E-state index is 12.5. The van der Waals surface area contributed by atoms with Gasteiger partial charge in [-0.1, -0.05) is 6.07 Å². The Hall–Kier alpha value is -2.02. The predicted molar refractivity (Wildman–Crippen MR) is 104 cm³/mol. The van der Waals surface area contributed by atoms with Gasteiger partial charge in [0.1, 0.15) is 0 Å². The van der Waals surface area contributed by atoms with Crippen molar-refractivity contribution in [3.8, 4) is 0 Å². The predicted octanol–water partition coefficient (Wildman–Crippen LogP) is 1.22. The van der Waals surface area contributed by atoms with Crippen molar-refractivity contribution in [1.29, 1.82) is 0 Å². The molecule has 1 N–H and O–H groups in total. The summed E-state index contributed by atoms with van der Waals surface area (Å²) in [4.78, 5) is 41.0. The molecule has 1 aromatic carbocycles. The van der Waals surface area contributed by atoms with Crippen LogP contribution in [0.3, 0.4) is 0 Å². The number of hydrogen-bond acceptors (Lipinski definition) is 4. The van der Waals surface area contributed by atoms with Crippen LogP contribution in [0.5, 0.6) is 0 Å². The Morgan fingerprint density at radius 3 is 2.44 bits per heavy atom. The molecule has 2 aliphatic carbocycles. The third-order valence-corrected chi connectivity index (χ3v) is 6.44. The van der Waals surface area contributed by atoms with Gasteiger partial charge in [-0.3, -0.25) is 14.4 Å². The van der Waals surface area contributed by atoms with Crippen molar-refractivity contribution in [2.75, 3.05) is 31.9 Å². The summed E-state index contributed by atoms with van der Waals surface area (Å²) in [6.45, 7) is 1.83. The second kappa shape index (κ2) is 7.92. The van der Waals surface area contributed by atoms with Gasteiger partial charge in [-0.15, -0.1) is 11.8 Å². The van der Waals surface area contributed by atoms with Gasteiger partial charge in [-0.05, 0) is 55.4 Å². The molecule has 2 fully saturated rings. The molecule has 1 saturated heterocycles. The molecule has 0 unspecified atom stereocenters. The summed E-state index contributed by atoms with van der Waals surface area (Å²) < 4.78 is 0. The SMILES string of the molecule is O=C(NC1CC1)C(=O)N1CCN(C(=O)CSc2ccc3c(c2)CCC3)CC1. The van der Waals surface area contributed by atoms with Crippen LogP contribution in [0.1, 0.15) is 30.4 Å². The number of aryl methyl sites for hydroxylation is 2. The highest BCUT2D eigenvalue weighted by Gasteiger charge is 2.31. The molecule has 3 amide bonds. The molecule has 27 heavy (non-hydrogen) atoms. The van der Waals surface area contributed by atoms with Gasteiger partial charge in [0.05, 0.1) is 5.75 Å². The van der Waals surface area contributed by atoms with Gasteiger partial charge in [-0.2, -0.15) is 0 Å². The van der Waals surface area contributed by atoms with E-state index < -0.39 is 11.8 Å². The number of thioether (sulfide) groups is 1. The first kappa shape index (κ1) is 18.3. The zero-order valence-electron chi connectivity index (χ0n) is 15.4. The van der Waals surface area contributed by atoms with Gasteiger partial charge >= 0.3 is 11.8 Å². The van der Waals surface area contributed by atoms with Gasteiger partial charge < -0.3 is 15.1 Å². The number of nitrogens with zero attached hydrogens (tertiary/aromatic N) is 2. The van der Waals surface area contributed by atoms with Crippen LogP contribution in [0, 0.1) is 0 Å². The fourth-order valence-corrected chi connectivity index (χ4v) is 4.51. The number of hydrogen-bond donors (Lipinski definition) is 1. The van der Waals surface area contributed by atoms with Crippen LogP contribution in [-0.4, -0.2) is 65.5 Å². The zero-order chi connectivity index (χ0) is 18.8. The van der Waals surface area contributed by atoms with E-state index in [1.807, 2.05) is 0 Å². The van der Waals surface area contributed by atoms with Crippen molar-refractivity contribution in [3.05, 3.63) is 29.3 Å². The summed E-state index contributed by atoms with van der Waals surface area (Å²) in [6, 6.07) is 6.69. The highest BCUT2D eigenvalue weighted by Crippen LogP contribution is 2.27. The van der Waals surface area contributed by atoms with Crippen LogP contribution in [0.25, 0.3) is 0 Å². The van der Waals surface area contributed by atoms with E-state index in [1.54, 1.807) is 21.6 Å². The second-order valence-corrected chi connectivity index (χ2v) is 8.54. The van der Waals surface area contributed by atoms with Gasteiger partial charge in [0.15, 0.2) is 0 Å². The number of benzene rings is 1. The van der Waals surface area contributed by atoms with Crippen molar-refractivity contribution < 1.29 is 14.4 Å². The molecule has 0 bridgehead atoms. The van der Waals surface area contributed by atoms with Crippen LogP contribution in [0.15, 0.2) is 23.1 Å². The molecule has 6 nitrogen and oxygen atoms in total. The van der Waals surface area contributed by atoms with E-state index in [1.165, 1.54) is 24.0 Å². The van der Waals surface area contributed by atoms with Gasteiger partial charge in [0, 0.05) is 37.1 Å².